The fourth-order valence-electron chi connectivity index (χ4n) is 1.71. The minimum Gasteiger partial charge on any atom is -0.477 e. The zero-order valence-electron chi connectivity index (χ0n) is 11.1. The number of aromatic carboxylic acids is 1. The molecular formula is C13H12N4O4. The van der Waals surface area contributed by atoms with Gasteiger partial charge in [-0.3, -0.25) is 15.1 Å². The quantitative estimate of drug-likeness (QED) is 0.638. The highest BCUT2D eigenvalue weighted by molar-refractivity contribution is 5.86. The smallest absolute Gasteiger partial charge is 0.354 e. The number of aromatic nitrogens is 2. The molecule has 2 heterocycles. The summed E-state index contributed by atoms with van der Waals surface area (Å²) in [6.45, 7) is 2.14. The first-order chi connectivity index (χ1) is 9.99. The van der Waals surface area contributed by atoms with E-state index in [1.165, 1.54) is 0 Å². The van der Waals surface area contributed by atoms with E-state index >= 15 is 0 Å². The van der Waals surface area contributed by atoms with Crippen molar-refractivity contribution in [2.24, 2.45) is 0 Å². The highest BCUT2D eigenvalue weighted by Crippen LogP contribution is 2.23. The summed E-state index contributed by atoms with van der Waals surface area (Å²) in [5, 5.41) is 22.6. The molecule has 0 saturated carbocycles. The Morgan fingerprint density at radius 1 is 1.43 bits per heavy atom. The molecule has 2 aromatic rings. The fraction of sp³-hybridized carbons (Fsp3) is 0.154. The molecule has 2 rings (SSSR count). The SMILES string of the molecule is Cc1ccncc1CNc1nc(C(=O)O)ccc1[N+](=O)[O-]. The van der Waals surface area contributed by atoms with Crippen molar-refractivity contribution in [3.05, 3.63) is 57.5 Å². The normalized spacial score (nSPS) is 10.1. The highest BCUT2D eigenvalue weighted by Gasteiger charge is 2.18. The Bertz CT molecular complexity index is 702. The molecular weight excluding hydrogens is 276 g/mol. The molecule has 0 fully saturated rings. The number of carboxylic acids is 1. The van der Waals surface area contributed by atoms with Crippen LogP contribution in [0, 0.1) is 17.0 Å². The zero-order valence-corrected chi connectivity index (χ0v) is 11.1. The van der Waals surface area contributed by atoms with Crippen molar-refractivity contribution in [3.63, 3.8) is 0 Å². The Balaban J connectivity index is 2.29. The van der Waals surface area contributed by atoms with Crippen molar-refractivity contribution < 1.29 is 14.8 Å². The third-order valence-corrected chi connectivity index (χ3v) is 2.88. The van der Waals surface area contributed by atoms with E-state index in [0.717, 1.165) is 23.3 Å². The second-order valence-corrected chi connectivity index (χ2v) is 4.28. The first kappa shape index (κ1) is 14.4. The molecule has 0 aliphatic rings. The number of hydrogen-bond donors (Lipinski definition) is 2. The summed E-state index contributed by atoms with van der Waals surface area (Å²) in [6, 6.07) is 4.03. The van der Waals surface area contributed by atoms with Gasteiger partial charge in [-0.15, -0.1) is 0 Å². The summed E-state index contributed by atoms with van der Waals surface area (Å²) in [5.74, 6) is -1.33. The van der Waals surface area contributed by atoms with E-state index < -0.39 is 10.9 Å². The number of anilines is 1. The number of nitro groups is 1. The zero-order chi connectivity index (χ0) is 15.4. The lowest BCUT2D eigenvalue weighted by molar-refractivity contribution is -0.384. The Labute approximate surface area is 119 Å². The lowest BCUT2D eigenvalue weighted by Crippen LogP contribution is -2.09. The van der Waals surface area contributed by atoms with Gasteiger partial charge in [0.2, 0.25) is 5.82 Å². The number of nitrogens with one attached hydrogen (secondary N) is 1. The Morgan fingerprint density at radius 3 is 2.81 bits per heavy atom. The Kier molecular flexibility index (Phi) is 4.07. The van der Waals surface area contributed by atoms with Crippen LogP contribution < -0.4 is 5.32 Å². The molecule has 0 spiro atoms. The summed E-state index contributed by atoms with van der Waals surface area (Å²) < 4.78 is 0. The molecule has 0 atom stereocenters. The molecule has 0 aromatic carbocycles. The van der Waals surface area contributed by atoms with Crippen LogP contribution >= 0.6 is 0 Å². The van der Waals surface area contributed by atoms with Crippen LogP contribution in [0.4, 0.5) is 11.5 Å². The van der Waals surface area contributed by atoms with Gasteiger partial charge in [-0.2, -0.15) is 0 Å². The van der Waals surface area contributed by atoms with Gasteiger partial charge in [0.05, 0.1) is 4.92 Å². The van der Waals surface area contributed by atoms with Crippen LogP contribution in [0.2, 0.25) is 0 Å². The molecule has 108 valence electrons. The third-order valence-electron chi connectivity index (χ3n) is 2.88. The van der Waals surface area contributed by atoms with Gasteiger partial charge in [0.15, 0.2) is 5.69 Å². The number of aryl methyl sites for hydroxylation is 1. The van der Waals surface area contributed by atoms with Gasteiger partial charge in [0.25, 0.3) is 0 Å². The van der Waals surface area contributed by atoms with Crippen LogP contribution in [0.15, 0.2) is 30.6 Å². The number of carboxylic acid groups (broad SMARTS) is 1. The Morgan fingerprint density at radius 2 is 2.19 bits per heavy atom. The van der Waals surface area contributed by atoms with Crippen molar-refractivity contribution >= 4 is 17.5 Å². The molecule has 21 heavy (non-hydrogen) atoms. The highest BCUT2D eigenvalue weighted by atomic mass is 16.6. The average molecular weight is 288 g/mol. The molecule has 0 amide bonds. The van der Waals surface area contributed by atoms with Crippen molar-refractivity contribution in [1.82, 2.24) is 9.97 Å². The molecule has 0 aliphatic carbocycles. The number of nitrogens with zero attached hydrogens (tertiary/aromatic N) is 3. The molecule has 2 N–H and O–H groups in total. The van der Waals surface area contributed by atoms with Crippen molar-refractivity contribution in [2.45, 2.75) is 13.5 Å². The summed E-state index contributed by atoms with van der Waals surface area (Å²) >= 11 is 0. The van der Waals surface area contributed by atoms with Crippen molar-refractivity contribution in [2.75, 3.05) is 5.32 Å². The van der Waals surface area contributed by atoms with Crippen LogP contribution in [-0.4, -0.2) is 26.0 Å². The van der Waals surface area contributed by atoms with Gasteiger partial charge in [-0.1, -0.05) is 0 Å². The van der Waals surface area contributed by atoms with Crippen LogP contribution in [0.3, 0.4) is 0 Å². The first-order valence-corrected chi connectivity index (χ1v) is 6.01. The van der Waals surface area contributed by atoms with Crippen LogP contribution in [0.5, 0.6) is 0 Å². The first-order valence-electron chi connectivity index (χ1n) is 6.01. The third kappa shape index (κ3) is 3.30. The summed E-state index contributed by atoms with van der Waals surface area (Å²) in [4.78, 5) is 29.0. The number of pyridine rings is 2. The van der Waals surface area contributed by atoms with Gasteiger partial charge in [0, 0.05) is 25.0 Å². The lowest BCUT2D eigenvalue weighted by atomic mass is 10.1. The van der Waals surface area contributed by atoms with E-state index in [9.17, 15) is 14.9 Å². The maximum atomic E-state index is 10.9. The van der Waals surface area contributed by atoms with Gasteiger partial charge in [-0.25, -0.2) is 9.78 Å². The van der Waals surface area contributed by atoms with Gasteiger partial charge in [-0.05, 0) is 30.2 Å². The molecule has 0 bridgehead atoms. The molecule has 2 aromatic heterocycles. The van der Waals surface area contributed by atoms with Crippen LogP contribution in [-0.2, 0) is 6.54 Å². The molecule has 0 aliphatic heterocycles. The van der Waals surface area contributed by atoms with Gasteiger partial charge in [0.1, 0.15) is 0 Å². The largest absolute Gasteiger partial charge is 0.477 e. The second-order valence-electron chi connectivity index (χ2n) is 4.28. The van der Waals surface area contributed by atoms with E-state index in [2.05, 4.69) is 15.3 Å². The fourth-order valence-corrected chi connectivity index (χ4v) is 1.71. The maximum Gasteiger partial charge on any atom is 0.354 e. The van der Waals surface area contributed by atoms with Crippen LogP contribution in [0.1, 0.15) is 21.6 Å². The molecule has 8 heteroatoms. The topological polar surface area (TPSA) is 118 Å². The summed E-state index contributed by atoms with van der Waals surface area (Å²) in [5.41, 5.74) is 1.27. The number of rotatable bonds is 5. The van der Waals surface area contributed by atoms with Gasteiger partial charge < -0.3 is 10.4 Å². The lowest BCUT2D eigenvalue weighted by Gasteiger charge is -2.08. The van der Waals surface area contributed by atoms with Gasteiger partial charge >= 0.3 is 11.7 Å². The van der Waals surface area contributed by atoms with E-state index in [-0.39, 0.29) is 23.7 Å². The molecule has 0 unspecified atom stereocenters. The second kappa shape index (κ2) is 5.95. The van der Waals surface area contributed by atoms with Crippen molar-refractivity contribution in [3.8, 4) is 0 Å². The van der Waals surface area contributed by atoms with Crippen LogP contribution in [0.25, 0.3) is 0 Å². The predicted molar refractivity (Wildman–Crippen MR) is 74.2 cm³/mol. The van der Waals surface area contributed by atoms with E-state index in [1.54, 1.807) is 12.4 Å². The van der Waals surface area contributed by atoms with E-state index in [1.807, 2.05) is 13.0 Å². The standard InChI is InChI=1S/C13H12N4O4/c1-8-4-5-14-6-9(8)7-15-12-11(17(20)21)3-2-10(16-12)13(18)19/h2-6H,7H2,1H3,(H,15,16)(H,18,19). The predicted octanol–water partition coefficient (Wildman–Crippen LogP) is 2.00. The molecule has 0 radical (unpaired) electrons. The maximum absolute atomic E-state index is 10.9. The summed E-state index contributed by atoms with van der Waals surface area (Å²) in [7, 11) is 0. The minimum absolute atomic E-state index is 0.0804. The molecule has 8 nitrogen and oxygen atoms in total. The number of hydrogen-bond acceptors (Lipinski definition) is 6. The Hall–Kier alpha value is -3.03. The monoisotopic (exact) mass is 288 g/mol. The van der Waals surface area contributed by atoms with E-state index in [0.29, 0.717) is 0 Å². The average Bonchev–Trinajstić information content (AvgIpc) is 2.46. The van der Waals surface area contributed by atoms with E-state index in [4.69, 9.17) is 5.11 Å². The molecule has 0 saturated heterocycles. The summed E-state index contributed by atoms with van der Waals surface area (Å²) in [6.07, 6.45) is 3.28. The van der Waals surface area contributed by atoms with Crippen molar-refractivity contribution in [1.29, 1.82) is 0 Å². The number of carbonyl (C=O) groups is 1. The minimum atomic E-state index is -1.24.